The van der Waals surface area contributed by atoms with E-state index < -0.39 is 5.69 Å². The molecule has 0 aliphatic carbocycles. The molecule has 0 fully saturated rings. The Morgan fingerprint density at radius 1 is 1.09 bits per heavy atom. The second-order valence-corrected chi connectivity index (χ2v) is 7.55. The lowest BCUT2D eigenvalue weighted by Crippen LogP contribution is -2.40. The Morgan fingerprint density at radius 3 is 2.66 bits per heavy atom. The van der Waals surface area contributed by atoms with Gasteiger partial charge in [0.1, 0.15) is 5.82 Å². The molecular formula is C24H26N6O2. The molecule has 0 saturated heterocycles. The number of aromatic nitrogens is 4. The van der Waals surface area contributed by atoms with E-state index in [4.69, 9.17) is 5.73 Å². The Bertz CT molecular complexity index is 1460. The van der Waals surface area contributed by atoms with Crippen LogP contribution >= 0.6 is 0 Å². The highest BCUT2D eigenvalue weighted by Crippen LogP contribution is 2.19. The minimum Gasteiger partial charge on any atom is -0.329 e. The molecule has 8 heteroatoms. The minimum absolute atomic E-state index is 0.175. The Hall–Kier alpha value is -3.67. The molecule has 4 rings (SSSR count). The third-order valence-electron chi connectivity index (χ3n) is 5.54. The second kappa shape index (κ2) is 9.22. The average Bonchev–Trinajstić information content (AvgIpc) is 3.18. The molecule has 8 nitrogen and oxygen atoms in total. The molecule has 0 spiro atoms. The van der Waals surface area contributed by atoms with Gasteiger partial charge in [-0.05, 0) is 23.3 Å². The number of hydrogen-bond donors (Lipinski definition) is 2. The first-order valence-corrected chi connectivity index (χ1v) is 10.5. The van der Waals surface area contributed by atoms with Gasteiger partial charge in [0.05, 0.1) is 19.6 Å². The number of nitrogens with two attached hydrogens (primary N) is 1. The van der Waals surface area contributed by atoms with Crippen molar-refractivity contribution in [3.8, 4) is 11.8 Å². The van der Waals surface area contributed by atoms with Gasteiger partial charge in [0.15, 0.2) is 11.2 Å². The number of fused-ring (bicyclic) bond motifs is 2. The van der Waals surface area contributed by atoms with Crippen LogP contribution in [-0.4, -0.2) is 31.8 Å². The van der Waals surface area contributed by atoms with Crippen molar-refractivity contribution < 1.29 is 0 Å². The first-order valence-electron chi connectivity index (χ1n) is 10.5. The molecule has 2 aromatic heterocycles. The molecule has 2 aromatic carbocycles. The van der Waals surface area contributed by atoms with Crippen molar-refractivity contribution in [2.24, 2.45) is 12.8 Å². The van der Waals surface area contributed by atoms with Crippen LogP contribution in [0.15, 0.2) is 52.1 Å². The Labute approximate surface area is 185 Å². The van der Waals surface area contributed by atoms with Gasteiger partial charge in [-0.1, -0.05) is 48.4 Å². The van der Waals surface area contributed by atoms with Gasteiger partial charge in [-0.25, -0.2) is 9.78 Å². The Kier molecular flexibility index (Phi) is 6.21. The fourth-order valence-electron chi connectivity index (χ4n) is 3.92. The summed E-state index contributed by atoms with van der Waals surface area (Å²) in [7, 11) is 1.64. The van der Waals surface area contributed by atoms with Gasteiger partial charge in [-0.3, -0.25) is 13.9 Å². The van der Waals surface area contributed by atoms with Gasteiger partial charge in [-0.15, -0.1) is 5.92 Å². The van der Waals surface area contributed by atoms with E-state index in [2.05, 4.69) is 22.1 Å². The molecule has 0 atom stereocenters. The van der Waals surface area contributed by atoms with Crippen molar-refractivity contribution in [1.82, 2.24) is 24.0 Å². The zero-order valence-corrected chi connectivity index (χ0v) is 18.3. The Balaban J connectivity index is 1.91. The summed E-state index contributed by atoms with van der Waals surface area (Å²) in [6, 6.07) is 13.8. The van der Waals surface area contributed by atoms with Gasteiger partial charge in [0, 0.05) is 20.1 Å². The number of benzene rings is 2. The summed E-state index contributed by atoms with van der Waals surface area (Å²) in [6.45, 7) is 3.77. The summed E-state index contributed by atoms with van der Waals surface area (Å²) in [4.78, 5) is 31.3. The molecule has 0 bridgehead atoms. The number of hydrogen-bond acceptors (Lipinski definition) is 5. The van der Waals surface area contributed by atoms with Crippen LogP contribution in [0, 0.1) is 11.8 Å². The smallest absolute Gasteiger partial charge is 0.329 e. The van der Waals surface area contributed by atoms with Crippen molar-refractivity contribution in [3.63, 3.8) is 0 Å². The highest BCUT2D eigenvalue weighted by atomic mass is 16.2. The maximum absolute atomic E-state index is 13.6. The number of imidazole rings is 1. The molecule has 2 heterocycles. The van der Waals surface area contributed by atoms with Crippen molar-refractivity contribution in [3.05, 3.63) is 74.7 Å². The largest absolute Gasteiger partial charge is 0.332 e. The monoisotopic (exact) mass is 430 g/mol. The summed E-state index contributed by atoms with van der Waals surface area (Å²) in [5, 5.41) is 5.28. The summed E-state index contributed by atoms with van der Waals surface area (Å²) in [5.74, 6) is 6.53. The molecule has 164 valence electrons. The molecule has 0 unspecified atom stereocenters. The zero-order valence-electron chi connectivity index (χ0n) is 18.3. The maximum Gasteiger partial charge on any atom is 0.332 e. The van der Waals surface area contributed by atoms with Gasteiger partial charge in [-0.2, -0.15) is 0 Å². The van der Waals surface area contributed by atoms with E-state index in [1.807, 2.05) is 42.5 Å². The SMILES string of the molecule is CC#CCn1c(CNCCN)nc2c1c(=O)n(Cc1cccc3ccccc13)c(=O)n2C. The van der Waals surface area contributed by atoms with Gasteiger partial charge < -0.3 is 15.6 Å². The Morgan fingerprint density at radius 2 is 1.88 bits per heavy atom. The number of nitrogens with one attached hydrogen (secondary N) is 1. The number of nitrogens with zero attached hydrogens (tertiary/aromatic N) is 4. The predicted molar refractivity (Wildman–Crippen MR) is 126 cm³/mol. The van der Waals surface area contributed by atoms with Crippen LogP contribution in [0.2, 0.25) is 0 Å². The fraction of sp³-hybridized carbons (Fsp3) is 0.292. The highest BCUT2D eigenvalue weighted by Gasteiger charge is 2.20. The first-order chi connectivity index (χ1) is 15.6. The topological polar surface area (TPSA) is 99.9 Å². The summed E-state index contributed by atoms with van der Waals surface area (Å²) in [6.07, 6.45) is 0. The lowest BCUT2D eigenvalue weighted by Gasteiger charge is -2.11. The van der Waals surface area contributed by atoms with Crippen molar-refractivity contribution in [2.45, 2.75) is 26.6 Å². The molecule has 0 aliphatic rings. The maximum atomic E-state index is 13.6. The van der Waals surface area contributed by atoms with Crippen LogP contribution in [0.1, 0.15) is 18.3 Å². The predicted octanol–water partition coefficient (Wildman–Crippen LogP) is 1.17. The fourth-order valence-corrected chi connectivity index (χ4v) is 3.92. The van der Waals surface area contributed by atoms with Gasteiger partial charge in [0.2, 0.25) is 0 Å². The van der Waals surface area contributed by atoms with Crippen LogP contribution < -0.4 is 22.3 Å². The van der Waals surface area contributed by atoms with Crippen molar-refractivity contribution >= 4 is 21.9 Å². The van der Waals surface area contributed by atoms with E-state index in [1.165, 1.54) is 9.13 Å². The van der Waals surface area contributed by atoms with Crippen LogP contribution in [0.4, 0.5) is 0 Å². The second-order valence-electron chi connectivity index (χ2n) is 7.55. The van der Waals surface area contributed by atoms with Crippen LogP contribution in [-0.2, 0) is 26.7 Å². The molecule has 32 heavy (non-hydrogen) atoms. The van der Waals surface area contributed by atoms with Gasteiger partial charge >= 0.3 is 5.69 Å². The quantitative estimate of drug-likeness (QED) is 0.339. The summed E-state index contributed by atoms with van der Waals surface area (Å²) in [5.41, 5.74) is 6.45. The molecular weight excluding hydrogens is 404 g/mol. The third kappa shape index (κ3) is 3.84. The molecule has 0 saturated carbocycles. The normalized spacial score (nSPS) is 11.1. The van der Waals surface area contributed by atoms with E-state index in [0.717, 1.165) is 16.3 Å². The highest BCUT2D eigenvalue weighted by molar-refractivity contribution is 5.85. The zero-order chi connectivity index (χ0) is 22.7. The number of rotatable bonds is 7. The molecule has 0 aliphatic heterocycles. The van der Waals surface area contributed by atoms with Gasteiger partial charge in [0.25, 0.3) is 5.56 Å². The van der Waals surface area contributed by atoms with Crippen LogP contribution in [0.5, 0.6) is 0 Å². The van der Waals surface area contributed by atoms with E-state index in [-0.39, 0.29) is 12.1 Å². The van der Waals surface area contributed by atoms with Crippen molar-refractivity contribution in [1.29, 1.82) is 0 Å². The van der Waals surface area contributed by atoms with E-state index in [0.29, 0.717) is 43.2 Å². The summed E-state index contributed by atoms with van der Waals surface area (Å²) < 4.78 is 4.50. The lowest BCUT2D eigenvalue weighted by molar-refractivity contribution is 0.636. The van der Waals surface area contributed by atoms with Crippen LogP contribution in [0.3, 0.4) is 0 Å². The minimum atomic E-state index is -0.400. The van der Waals surface area contributed by atoms with E-state index in [1.54, 1.807) is 18.5 Å². The number of aryl methyl sites for hydroxylation is 1. The lowest BCUT2D eigenvalue weighted by atomic mass is 10.0. The van der Waals surface area contributed by atoms with E-state index >= 15 is 0 Å². The van der Waals surface area contributed by atoms with E-state index in [9.17, 15) is 9.59 Å². The molecule has 0 amide bonds. The molecule has 3 N–H and O–H groups in total. The van der Waals surface area contributed by atoms with Crippen molar-refractivity contribution in [2.75, 3.05) is 13.1 Å². The van der Waals surface area contributed by atoms with Crippen LogP contribution in [0.25, 0.3) is 21.9 Å². The molecule has 4 aromatic rings. The third-order valence-corrected chi connectivity index (χ3v) is 5.54. The summed E-state index contributed by atoms with van der Waals surface area (Å²) >= 11 is 0. The average molecular weight is 431 g/mol. The first kappa shape index (κ1) is 21.6. The standard InChI is InChI=1S/C24H26N6O2/c1-3-4-14-29-20(15-26-13-12-25)27-22-21(29)23(31)30(24(32)28(22)2)16-18-10-7-9-17-8-5-6-11-19(17)18/h5-11,26H,12-16,25H2,1-2H3. The molecule has 0 radical (unpaired) electrons.